The summed E-state index contributed by atoms with van der Waals surface area (Å²) in [6.07, 6.45) is 7.50. The lowest BCUT2D eigenvalue weighted by atomic mass is 9.77. The average molecular weight is 278 g/mol. The minimum Gasteiger partial charge on any atom is -0.350 e. The number of nitrogens with one attached hydrogen (secondary N) is 2. The molecule has 1 aromatic rings. The van der Waals surface area contributed by atoms with Crippen LogP contribution in [0.2, 0.25) is 0 Å². The quantitative estimate of drug-likeness (QED) is 0.892. The van der Waals surface area contributed by atoms with E-state index in [1.54, 1.807) is 11.3 Å². The van der Waals surface area contributed by atoms with Gasteiger partial charge in [0.2, 0.25) is 5.91 Å². The molecule has 3 nitrogen and oxygen atoms in total. The first-order valence-corrected chi connectivity index (χ1v) is 8.27. The van der Waals surface area contributed by atoms with Crippen molar-refractivity contribution >= 4 is 17.2 Å². The zero-order valence-corrected chi connectivity index (χ0v) is 12.0. The highest BCUT2D eigenvalue weighted by atomic mass is 32.1. The fourth-order valence-corrected chi connectivity index (χ4v) is 4.06. The minimum atomic E-state index is 0.0271. The van der Waals surface area contributed by atoms with E-state index in [9.17, 15) is 4.79 Å². The number of hydrogen-bond donors (Lipinski definition) is 2. The number of hydrogen-bond acceptors (Lipinski definition) is 3. The van der Waals surface area contributed by atoms with Crippen molar-refractivity contribution < 1.29 is 4.79 Å². The van der Waals surface area contributed by atoms with E-state index in [2.05, 4.69) is 16.7 Å². The highest BCUT2D eigenvalue weighted by Crippen LogP contribution is 2.32. The van der Waals surface area contributed by atoms with Crippen LogP contribution in [-0.4, -0.2) is 18.0 Å². The second-order valence-corrected chi connectivity index (χ2v) is 6.78. The van der Waals surface area contributed by atoms with Crippen molar-refractivity contribution in [2.45, 2.75) is 57.2 Å². The van der Waals surface area contributed by atoms with Crippen molar-refractivity contribution in [3.05, 3.63) is 22.4 Å². The van der Waals surface area contributed by atoms with Crippen LogP contribution in [0.25, 0.3) is 0 Å². The van der Waals surface area contributed by atoms with E-state index < -0.39 is 0 Å². The van der Waals surface area contributed by atoms with Crippen LogP contribution in [0.3, 0.4) is 0 Å². The maximum absolute atomic E-state index is 12.2. The number of carbonyl (C=O) groups is 1. The summed E-state index contributed by atoms with van der Waals surface area (Å²) < 4.78 is 0. The molecule has 0 radical (unpaired) electrons. The molecular weight excluding hydrogens is 256 g/mol. The zero-order valence-electron chi connectivity index (χ0n) is 11.2. The van der Waals surface area contributed by atoms with Gasteiger partial charge in [0.1, 0.15) is 0 Å². The minimum absolute atomic E-state index is 0.0271. The lowest BCUT2D eigenvalue weighted by Gasteiger charge is -2.39. The lowest BCUT2D eigenvalue weighted by molar-refractivity contribution is -0.124. The molecule has 19 heavy (non-hydrogen) atoms. The Bertz CT molecular complexity index is 418. The number of rotatable bonds is 3. The van der Waals surface area contributed by atoms with Crippen molar-refractivity contribution in [3.63, 3.8) is 0 Å². The van der Waals surface area contributed by atoms with Gasteiger partial charge >= 0.3 is 0 Å². The van der Waals surface area contributed by atoms with Gasteiger partial charge in [-0.2, -0.15) is 0 Å². The number of thiophene rings is 1. The van der Waals surface area contributed by atoms with Crippen LogP contribution in [-0.2, 0) is 11.3 Å². The first-order valence-electron chi connectivity index (χ1n) is 7.39. The lowest BCUT2D eigenvalue weighted by Crippen LogP contribution is -2.54. The molecule has 1 aromatic heterocycles. The van der Waals surface area contributed by atoms with Gasteiger partial charge in [-0.3, -0.25) is 4.79 Å². The highest BCUT2D eigenvalue weighted by Gasteiger charge is 2.34. The van der Waals surface area contributed by atoms with Gasteiger partial charge in [0.15, 0.2) is 0 Å². The molecule has 2 heterocycles. The molecule has 3 atom stereocenters. The average Bonchev–Trinajstić information content (AvgIpc) is 2.97. The SMILES string of the molecule is O=C(NCc1cccs1)C1CCC2CCCCC2N1. The molecule has 1 saturated heterocycles. The molecule has 1 aliphatic carbocycles. The molecule has 1 saturated carbocycles. The fourth-order valence-electron chi connectivity index (χ4n) is 3.41. The van der Waals surface area contributed by atoms with Gasteiger partial charge in [-0.25, -0.2) is 0 Å². The van der Waals surface area contributed by atoms with Gasteiger partial charge in [0.05, 0.1) is 12.6 Å². The fraction of sp³-hybridized carbons (Fsp3) is 0.667. The number of fused-ring (bicyclic) bond motifs is 1. The molecular formula is C15H22N2OS. The maximum atomic E-state index is 12.2. The third-order valence-corrected chi connectivity index (χ3v) is 5.36. The molecule has 1 amide bonds. The molecule has 0 aromatic carbocycles. The van der Waals surface area contributed by atoms with Crippen LogP contribution >= 0.6 is 11.3 Å². The summed E-state index contributed by atoms with van der Waals surface area (Å²) in [7, 11) is 0. The maximum Gasteiger partial charge on any atom is 0.237 e. The van der Waals surface area contributed by atoms with Crippen molar-refractivity contribution in [1.29, 1.82) is 0 Å². The van der Waals surface area contributed by atoms with Gasteiger partial charge in [-0.1, -0.05) is 18.9 Å². The normalized spacial score (nSPS) is 30.6. The third kappa shape index (κ3) is 3.18. The first-order chi connectivity index (χ1) is 9.33. The Morgan fingerprint density at radius 1 is 1.32 bits per heavy atom. The van der Waals surface area contributed by atoms with E-state index in [0.29, 0.717) is 12.6 Å². The van der Waals surface area contributed by atoms with E-state index >= 15 is 0 Å². The molecule has 0 bridgehead atoms. The van der Waals surface area contributed by atoms with Gasteiger partial charge in [0.25, 0.3) is 0 Å². The van der Waals surface area contributed by atoms with Crippen molar-refractivity contribution in [2.24, 2.45) is 5.92 Å². The molecule has 2 N–H and O–H groups in total. The van der Waals surface area contributed by atoms with Gasteiger partial charge < -0.3 is 10.6 Å². The number of carbonyl (C=O) groups excluding carboxylic acids is 1. The second-order valence-electron chi connectivity index (χ2n) is 5.74. The zero-order chi connectivity index (χ0) is 13.1. The Kier molecular flexibility index (Phi) is 4.18. The summed E-state index contributed by atoms with van der Waals surface area (Å²) in [4.78, 5) is 13.4. The van der Waals surface area contributed by atoms with E-state index in [0.717, 1.165) is 12.3 Å². The first kappa shape index (κ1) is 13.1. The standard InChI is InChI=1S/C15H22N2OS/c18-15(16-10-12-5-3-9-19-12)14-8-7-11-4-1-2-6-13(11)17-14/h3,5,9,11,13-14,17H,1-2,4,6-8,10H2,(H,16,18). The van der Waals surface area contributed by atoms with Crippen LogP contribution in [0.15, 0.2) is 17.5 Å². The van der Waals surface area contributed by atoms with Crippen molar-refractivity contribution in [1.82, 2.24) is 10.6 Å². The van der Waals surface area contributed by atoms with E-state index in [1.807, 2.05) is 11.4 Å². The largest absolute Gasteiger partial charge is 0.350 e. The second kappa shape index (κ2) is 6.06. The Hall–Kier alpha value is -0.870. The van der Waals surface area contributed by atoms with E-state index in [4.69, 9.17) is 0 Å². The van der Waals surface area contributed by atoms with Gasteiger partial charge in [0, 0.05) is 10.9 Å². The van der Waals surface area contributed by atoms with Crippen LogP contribution < -0.4 is 10.6 Å². The predicted octanol–water partition coefficient (Wildman–Crippen LogP) is 2.68. The van der Waals surface area contributed by atoms with Crippen LogP contribution in [0.4, 0.5) is 0 Å². The molecule has 4 heteroatoms. The van der Waals surface area contributed by atoms with Crippen LogP contribution in [0.1, 0.15) is 43.4 Å². The monoisotopic (exact) mass is 278 g/mol. The van der Waals surface area contributed by atoms with Crippen LogP contribution in [0.5, 0.6) is 0 Å². The highest BCUT2D eigenvalue weighted by molar-refractivity contribution is 7.09. The summed E-state index contributed by atoms with van der Waals surface area (Å²) in [5.41, 5.74) is 0. The Morgan fingerprint density at radius 3 is 3.05 bits per heavy atom. The molecule has 2 fully saturated rings. The number of piperidine rings is 1. The number of amides is 1. The summed E-state index contributed by atoms with van der Waals surface area (Å²) in [5, 5.41) is 8.68. The van der Waals surface area contributed by atoms with Crippen molar-refractivity contribution in [2.75, 3.05) is 0 Å². The Morgan fingerprint density at radius 2 is 2.21 bits per heavy atom. The van der Waals surface area contributed by atoms with Gasteiger partial charge in [-0.05, 0) is 43.0 Å². The summed E-state index contributed by atoms with van der Waals surface area (Å²) in [6.45, 7) is 0.669. The molecule has 0 spiro atoms. The molecule has 104 valence electrons. The molecule has 1 aliphatic heterocycles. The summed E-state index contributed by atoms with van der Waals surface area (Å²) in [5.74, 6) is 0.993. The predicted molar refractivity (Wildman–Crippen MR) is 78.1 cm³/mol. The Balaban J connectivity index is 1.50. The van der Waals surface area contributed by atoms with Gasteiger partial charge in [-0.15, -0.1) is 11.3 Å². The van der Waals surface area contributed by atoms with Crippen LogP contribution in [0, 0.1) is 5.92 Å². The summed E-state index contributed by atoms with van der Waals surface area (Å²) >= 11 is 1.69. The van der Waals surface area contributed by atoms with Crippen molar-refractivity contribution in [3.8, 4) is 0 Å². The summed E-state index contributed by atoms with van der Waals surface area (Å²) in [6, 6.07) is 4.70. The topological polar surface area (TPSA) is 41.1 Å². The Labute approximate surface area is 118 Å². The van der Waals surface area contributed by atoms with E-state index in [1.165, 1.54) is 37.0 Å². The molecule has 3 unspecified atom stereocenters. The third-order valence-electron chi connectivity index (χ3n) is 4.48. The molecule has 3 rings (SSSR count). The van der Waals surface area contributed by atoms with E-state index in [-0.39, 0.29) is 11.9 Å². The smallest absolute Gasteiger partial charge is 0.237 e. The molecule has 2 aliphatic rings.